The maximum Gasteiger partial charge on any atom is 0.161 e. The van der Waals surface area contributed by atoms with Crippen LogP contribution in [0.1, 0.15) is 39.0 Å². The van der Waals surface area contributed by atoms with Crippen LogP contribution in [-0.2, 0) is 0 Å². The molecule has 2 aliphatic rings. The van der Waals surface area contributed by atoms with E-state index in [0.29, 0.717) is 18.7 Å². The number of benzene rings is 1. The van der Waals surface area contributed by atoms with Crippen molar-refractivity contribution >= 4 is 0 Å². The van der Waals surface area contributed by atoms with Gasteiger partial charge in [-0.3, -0.25) is 0 Å². The van der Waals surface area contributed by atoms with E-state index in [1.54, 1.807) is 0 Å². The first-order valence-corrected chi connectivity index (χ1v) is 8.66. The molecule has 0 aliphatic carbocycles. The summed E-state index contributed by atoms with van der Waals surface area (Å²) in [6.45, 7) is 4.90. The van der Waals surface area contributed by atoms with Crippen LogP contribution < -0.4 is 20.1 Å². The topological polar surface area (TPSA) is 42.5 Å². The molecule has 4 nitrogen and oxygen atoms in total. The van der Waals surface area contributed by atoms with Gasteiger partial charge in [0.05, 0.1) is 0 Å². The molecule has 0 radical (unpaired) electrons. The molecule has 3 rings (SSSR count). The van der Waals surface area contributed by atoms with Gasteiger partial charge in [0.15, 0.2) is 11.5 Å². The van der Waals surface area contributed by atoms with Crippen LogP contribution in [0.5, 0.6) is 11.5 Å². The molecule has 2 N–H and O–H groups in total. The van der Waals surface area contributed by atoms with E-state index < -0.39 is 0 Å². The molecule has 1 saturated heterocycles. The minimum Gasteiger partial charge on any atom is -0.486 e. The molecular formula is C18H28N2O2. The zero-order chi connectivity index (χ0) is 15.2. The van der Waals surface area contributed by atoms with Crippen molar-refractivity contribution in [2.75, 3.05) is 19.7 Å². The Morgan fingerprint density at radius 3 is 3.00 bits per heavy atom. The Hall–Kier alpha value is -1.26. The minimum atomic E-state index is 0.0967. The Kier molecular flexibility index (Phi) is 5.57. The summed E-state index contributed by atoms with van der Waals surface area (Å²) in [4.78, 5) is 0. The van der Waals surface area contributed by atoms with E-state index in [4.69, 9.17) is 9.47 Å². The van der Waals surface area contributed by atoms with Crippen molar-refractivity contribution in [3.05, 3.63) is 24.3 Å². The van der Waals surface area contributed by atoms with Gasteiger partial charge in [0.25, 0.3) is 0 Å². The molecule has 1 aromatic carbocycles. The Labute approximate surface area is 133 Å². The van der Waals surface area contributed by atoms with Gasteiger partial charge in [-0.1, -0.05) is 25.0 Å². The lowest BCUT2D eigenvalue weighted by molar-refractivity contribution is 0.0880. The maximum absolute atomic E-state index is 5.99. The highest BCUT2D eigenvalue weighted by atomic mass is 16.6. The minimum absolute atomic E-state index is 0.0967. The third kappa shape index (κ3) is 4.37. The zero-order valence-electron chi connectivity index (χ0n) is 13.5. The van der Waals surface area contributed by atoms with E-state index in [9.17, 15) is 0 Å². The highest BCUT2D eigenvalue weighted by Crippen LogP contribution is 2.30. The number of fused-ring (bicyclic) bond motifs is 1. The molecule has 0 spiro atoms. The van der Waals surface area contributed by atoms with Gasteiger partial charge in [0.2, 0.25) is 0 Å². The van der Waals surface area contributed by atoms with Crippen molar-refractivity contribution in [1.29, 1.82) is 0 Å². The van der Waals surface area contributed by atoms with Crippen molar-refractivity contribution in [3.63, 3.8) is 0 Å². The van der Waals surface area contributed by atoms with Crippen LogP contribution >= 0.6 is 0 Å². The maximum atomic E-state index is 5.99. The third-order valence-corrected chi connectivity index (χ3v) is 4.56. The number of nitrogens with one attached hydrogen (secondary N) is 2. The number of rotatable bonds is 5. The summed E-state index contributed by atoms with van der Waals surface area (Å²) in [6, 6.07) is 9.05. The molecule has 0 aromatic heterocycles. The Balaban J connectivity index is 1.41. The smallest absolute Gasteiger partial charge is 0.161 e. The van der Waals surface area contributed by atoms with Crippen LogP contribution in [0, 0.1) is 0 Å². The molecule has 2 aliphatic heterocycles. The molecule has 2 heterocycles. The first kappa shape index (κ1) is 15.6. The van der Waals surface area contributed by atoms with E-state index in [1.165, 1.54) is 38.6 Å². The summed E-state index contributed by atoms with van der Waals surface area (Å²) < 4.78 is 11.7. The van der Waals surface area contributed by atoms with Gasteiger partial charge in [-0.15, -0.1) is 0 Å². The highest BCUT2D eigenvalue weighted by Gasteiger charge is 2.21. The van der Waals surface area contributed by atoms with Gasteiger partial charge >= 0.3 is 0 Å². The molecule has 3 atom stereocenters. The largest absolute Gasteiger partial charge is 0.486 e. The fourth-order valence-electron chi connectivity index (χ4n) is 3.31. The molecule has 22 heavy (non-hydrogen) atoms. The van der Waals surface area contributed by atoms with Gasteiger partial charge in [-0.2, -0.15) is 0 Å². The summed E-state index contributed by atoms with van der Waals surface area (Å²) in [7, 11) is 0. The second kappa shape index (κ2) is 7.84. The predicted molar refractivity (Wildman–Crippen MR) is 88.7 cm³/mol. The van der Waals surface area contributed by atoms with Crippen LogP contribution in [0.3, 0.4) is 0 Å². The average molecular weight is 304 g/mol. The van der Waals surface area contributed by atoms with Crippen LogP contribution in [-0.4, -0.2) is 37.9 Å². The quantitative estimate of drug-likeness (QED) is 0.878. The van der Waals surface area contributed by atoms with Gasteiger partial charge in [0.1, 0.15) is 12.7 Å². The van der Waals surface area contributed by atoms with E-state index >= 15 is 0 Å². The number of para-hydroxylation sites is 2. The van der Waals surface area contributed by atoms with Crippen LogP contribution in [0.25, 0.3) is 0 Å². The lowest BCUT2D eigenvalue weighted by Crippen LogP contribution is -2.43. The van der Waals surface area contributed by atoms with Crippen LogP contribution in [0.15, 0.2) is 24.3 Å². The first-order chi connectivity index (χ1) is 10.8. The molecule has 0 amide bonds. The van der Waals surface area contributed by atoms with E-state index in [0.717, 1.165) is 18.0 Å². The standard InChI is InChI=1S/C18H28N2O2/c1-14(11-15-7-3-2-6-10-19-15)20-12-16-13-21-17-8-4-5-9-18(17)22-16/h4-5,8-9,14-16,19-20H,2-3,6-7,10-13H2,1H3. The second-order valence-electron chi connectivity index (χ2n) is 6.54. The molecule has 0 saturated carbocycles. The van der Waals surface area contributed by atoms with Crippen LogP contribution in [0.4, 0.5) is 0 Å². The normalized spacial score (nSPS) is 26.2. The third-order valence-electron chi connectivity index (χ3n) is 4.56. The van der Waals surface area contributed by atoms with Crippen molar-refractivity contribution in [2.45, 2.75) is 57.2 Å². The highest BCUT2D eigenvalue weighted by molar-refractivity contribution is 5.40. The van der Waals surface area contributed by atoms with Crippen molar-refractivity contribution in [1.82, 2.24) is 10.6 Å². The van der Waals surface area contributed by atoms with Gasteiger partial charge < -0.3 is 20.1 Å². The van der Waals surface area contributed by atoms with Crippen molar-refractivity contribution in [3.8, 4) is 11.5 Å². The molecule has 122 valence electrons. The summed E-state index contributed by atoms with van der Waals surface area (Å²) >= 11 is 0. The second-order valence-corrected chi connectivity index (χ2v) is 6.54. The summed E-state index contributed by atoms with van der Waals surface area (Å²) in [5.74, 6) is 1.72. The summed E-state index contributed by atoms with van der Waals surface area (Å²) in [5.41, 5.74) is 0. The Bertz CT molecular complexity index is 458. The molecule has 1 aromatic rings. The average Bonchev–Trinajstić information content (AvgIpc) is 2.81. The monoisotopic (exact) mass is 304 g/mol. The van der Waals surface area contributed by atoms with E-state index in [-0.39, 0.29) is 6.10 Å². The molecule has 3 unspecified atom stereocenters. The first-order valence-electron chi connectivity index (χ1n) is 8.66. The summed E-state index contributed by atoms with van der Waals surface area (Å²) in [5, 5.41) is 7.27. The van der Waals surface area contributed by atoms with Gasteiger partial charge in [0, 0.05) is 18.6 Å². The molecule has 0 bridgehead atoms. The number of hydrogen-bond acceptors (Lipinski definition) is 4. The molecule has 4 heteroatoms. The fourth-order valence-corrected chi connectivity index (χ4v) is 3.31. The number of hydrogen-bond donors (Lipinski definition) is 2. The van der Waals surface area contributed by atoms with Gasteiger partial charge in [-0.25, -0.2) is 0 Å². The van der Waals surface area contributed by atoms with E-state index in [2.05, 4.69) is 17.6 Å². The Morgan fingerprint density at radius 1 is 1.23 bits per heavy atom. The number of ether oxygens (including phenoxy) is 2. The van der Waals surface area contributed by atoms with Crippen LogP contribution in [0.2, 0.25) is 0 Å². The molecule has 1 fully saturated rings. The van der Waals surface area contributed by atoms with Gasteiger partial charge in [-0.05, 0) is 44.9 Å². The lowest BCUT2D eigenvalue weighted by Gasteiger charge is -2.28. The Morgan fingerprint density at radius 2 is 2.09 bits per heavy atom. The predicted octanol–water partition coefficient (Wildman–Crippen LogP) is 2.73. The van der Waals surface area contributed by atoms with E-state index in [1.807, 2.05) is 24.3 Å². The SMILES string of the molecule is CC(CC1CCCCCN1)NCC1COc2ccccc2O1. The fraction of sp³-hybridized carbons (Fsp3) is 0.667. The zero-order valence-corrected chi connectivity index (χ0v) is 13.5. The van der Waals surface area contributed by atoms with Crippen molar-refractivity contribution in [2.24, 2.45) is 0 Å². The molecular weight excluding hydrogens is 276 g/mol. The van der Waals surface area contributed by atoms with Crippen molar-refractivity contribution < 1.29 is 9.47 Å². The summed E-state index contributed by atoms with van der Waals surface area (Å²) in [6.07, 6.45) is 6.65. The lowest BCUT2D eigenvalue weighted by atomic mass is 10.0.